The number of aromatic hydroxyl groups is 1. The summed E-state index contributed by atoms with van der Waals surface area (Å²) in [5.41, 5.74) is 2.35. The minimum Gasteiger partial charge on any atom is -0.508 e. The van der Waals surface area contributed by atoms with Gasteiger partial charge in [0.2, 0.25) is 0 Å². The molecular weight excluding hydrogens is 340 g/mol. The van der Waals surface area contributed by atoms with E-state index >= 15 is 0 Å². The highest BCUT2D eigenvalue weighted by Gasteiger charge is 2.54. The van der Waals surface area contributed by atoms with Crippen molar-refractivity contribution in [3.05, 3.63) is 53.6 Å². The van der Waals surface area contributed by atoms with Crippen LogP contribution in [0.5, 0.6) is 5.75 Å². The van der Waals surface area contributed by atoms with Crippen LogP contribution in [0.3, 0.4) is 0 Å². The standard InChI is InChI=1S/C21H24N4O2/c1-13-10-23-18(11-22-13)21(27)25-12-17(15-3-2-4-16(26)9-15)20-19(25)14-5-7-24(20)8-6-14/h2-4,9-11,14,17,19-20,26H,5-8,12H2,1H3/t17-,19+,20+/m0/s1. The third-order valence-electron chi connectivity index (χ3n) is 6.55. The second kappa shape index (κ2) is 6.30. The molecule has 1 aromatic carbocycles. The maximum Gasteiger partial charge on any atom is 0.274 e. The number of aryl methyl sites for hydroxylation is 1. The van der Waals surface area contributed by atoms with Crippen LogP contribution in [-0.2, 0) is 0 Å². The van der Waals surface area contributed by atoms with Crippen molar-refractivity contribution in [3.63, 3.8) is 0 Å². The maximum absolute atomic E-state index is 13.3. The van der Waals surface area contributed by atoms with E-state index in [-0.39, 0.29) is 23.6 Å². The Hall–Kier alpha value is -2.47. The van der Waals surface area contributed by atoms with Gasteiger partial charge in [-0.15, -0.1) is 0 Å². The molecule has 6 nitrogen and oxygen atoms in total. The Morgan fingerprint density at radius 3 is 2.67 bits per heavy atom. The average Bonchev–Trinajstić information content (AvgIpc) is 3.12. The lowest BCUT2D eigenvalue weighted by molar-refractivity contribution is -0.00360. The normalized spacial score (nSPS) is 31.7. The molecule has 6 heteroatoms. The van der Waals surface area contributed by atoms with Gasteiger partial charge < -0.3 is 10.0 Å². The van der Waals surface area contributed by atoms with Gasteiger partial charge in [-0.1, -0.05) is 12.1 Å². The Bertz CT molecular complexity index is 861. The monoisotopic (exact) mass is 364 g/mol. The van der Waals surface area contributed by atoms with E-state index in [4.69, 9.17) is 0 Å². The zero-order chi connectivity index (χ0) is 18.5. The Labute approximate surface area is 158 Å². The molecule has 0 radical (unpaired) electrons. The fourth-order valence-corrected chi connectivity index (χ4v) is 5.35. The molecule has 5 heterocycles. The number of fused-ring (bicyclic) bond motifs is 2. The first-order valence-electron chi connectivity index (χ1n) is 9.74. The number of benzene rings is 1. The molecule has 2 bridgehead atoms. The van der Waals surface area contributed by atoms with Gasteiger partial charge in [0.05, 0.1) is 17.9 Å². The molecule has 0 spiro atoms. The number of hydrogen-bond acceptors (Lipinski definition) is 5. The Morgan fingerprint density at radius 1 is 1.15 bits per heavy atom. The minimum atomic E-state index is -0.0195. The Balaban J connectivity index is 1.52. The number of amides is 1. The second-order valence-electron chi connectivity index (χ2n) is 8.06. The van der Waals surface area contributed by atoms with Crippen LogP contribution in [0.25, 0.3) is 0 Å². The number of aromatic nitrogens is 2. The summed E-state index contributed by atoms with van der Waals surface area (Å²) < 4.78 is 0. The lowest BCUT2D eigenvalue weighted by Gasteiger charge is -2.51. The van der Waals surface area contributed by atoms with Crippen LogP contribution in [0.2, 0.25) is 0 Å². The zero-order valence-electron chi connectivity index (χ0n) is 15.5. The van der Waals surface area contributed by atoms with Crippen molar-refractivity contribution in [3.8, 4) is 5.75 Å². The molecule has 6 rings (SSSR count). The second-order valence-corrected chi connectivity index (χ2v) is 8.06. The number of phenols is 1. The van der Waals surface area contributed by atoms with Gasteiger partial charge in [-0.2, -0.15) is 0 Å². The maximum atomic E-state index is 13.3. The lowest BCUT2D eigenvalue weighted by atomic mass is 9.75. The highest BCUT2D eigenvalue weighted by molar-refractivity contribution is 5.92. The third-order valence-corrected chi connectivity index (χ3v) is 6.55. The van der Waals surface area contributed by atoms with Gasteiger partial charge in [-0.05, 0) is 56.5 Å². The van der Waals surface area contributed by atoms with Crippen LogP contribution in [0.4, 0.5) is 0 Å². The zero-order valence-corrected chi connectivity index (χ0v) is 15.5. The predicted molar refractivity (Wildman–Crippen MR) is 101 cm³/mol. The van der Waals surface area contributed by atoms with Crippen molar-refractivity contribution in [1.29, 1.82) is 0 Å². The van der Waals surface area contributed by atoms with Gasteiger partial charge >= 0.3 is 0 Å². The third kappa shape index (κ3) is 2.70. The van der Waals surface area contributed by atoms with Gasteiger partial charge in [0.15, 0.2) is 0 Å². The van der Waals surface area contributed by atoms with Gasteiger partial charge in [0.25, 0.3) is 5.91 Å². The summed E-state index contributed by atoms with van der Waals surface area (Å²) >= 11 is 0. The smallest absolute Gasteiger partial charge is 0.274 e. The number of nitrogens with zero attached hydrogens (tertiary/aromatic N) is 4. The largest absolute Gasteiger partial charge is 0.508 e. The van der Waals surface area contributed by atoms with Crippen LogP contribution in [0, 0.1) is 12.8 Å². The molecular formula is C21H24N4O2. The molecule has 1 amide bonds. The Morgan fingerprint density at radius 2 is 1.96 bits per heavy atom. The van der Waals surface area contributed by atoms with Gasteiger partial charge in [-0.3, -0.25) is 14.7 Å². The van der Waals surface area contributed by atoms with Crippen molar-refractivity contribution in [2.75, 3.05) is 19.6 Å². The van der Waals surface area contributed by atoms with Crippen LogP contribution in [0.1, 0.15) is 40.5 Å². The van der Waals surface area contributed by atoms with E-state index in [1.807, 2.05) is 24.0 Å². The first-order valence-corrected chi connectivity index (χ1v) is 9.74. The fraction of sp³-hybridized carbons (Fsp3) is 0.476. The van der Waals surface area contributed by atoms with Gasteiger partial charge in [0.1, 0.15) is 11.4 Å². The van der Waals surface area contributed by atoms with Crippen LogP contribution >= 0.6 is 0 Å². The summed E-state index contributed by atoms with van der Waals surface area (Å²) in [6.07, 6.45) is 5.55. The number of phenolic OH excluding ortho intramolecular Hbond substituents is 1. The van der Waals surface area contributed by atoms with E-state index in [1.165, 1.54) is 0 Å². The SMILES string of the molecule is Cc1cnc(C(=O)N2C[C@@H](c3cccc(O)c3)[C@@H]3[C@H]2C2CCN3CC2)cn1. The summed E-state index contributed by atoms with van der Waals surface area (Å²) in [4.78, 5) is 26.5. The molecule has 1 N–H and O–H groups in total. The lowest BCUT2D eigenvalue weighted by Crippen LogP contribution is -2.60. The first kappa shape index (κ1) is 16.7. The molecule has 0 unspecified atom stereocenters. The minimum absolute atomic E-state index is 0.0195. The molecule has 4 aliphatic heterocycles. The summed E-state index contributed by atoms with van der Waals surface area (Å²) in [5.74, 6) is 1.03. The highest BCUT2D eigenvalue weighted by Crippen LogP contribution is 2.47. The topological polar surface area (TPSA) is 69.6 Å². The molecule has 4 aliphatic rings. The molecule has 2 aromatic rings. The van der Waals surface area contributed by atoms with Crippen molar-refractivity contribution in [2.45, 2.75) is 37.8 Å². The quantitative estimate of drug-likeness (QED) is 0.885. The fourth-order valence-electron chi connectivity index (χ4n) is 5.35. The van der Waals surface area contributed by atoms with E-state index in [2.05, 4.69) is 20.9 Å². The molecule has 0 aliphatic carbocycles. The summed E-state index contributed by atoms with van der Waals surface area (Å²) in [6, 6.07) is 8.06. The van der Waals surface area contributed by atoms with Gasteiger partial charge in [0, 0.05) is 24.7 Å². The first-order chi connectivity index (χ1) is 13.1. The van der Waals surface area contributed by atoms with Crippen molar-refractivity contribution < 1.29 is 9.90 Å². The van der Waals surface area contributed by atoms with E-state index in [0.717, 1.165) is 37.2 Å². The van der Waals surface area contributed by atoms with E-state index < -0.39 is 0 Å². The molecule has 4 fully saturated rings. The average molecular weight is 364 g/mol. The number of likely N-dealkylation sites (tertiary alicyclic amines) is 1. The van der Waals surface area contributed by atoms with Crippen molar-refractivity contribution >= 4 is 5.91 Å². The molecule has 140 valence electrons. The van der Waals surface area contributed by atoms with Gasteiger partial charge in [-0.25, -0.2) is 4.98 Å². The van der Waals surface area contributed by atoms with Crippen LogP contribution in [-0.4, -0.2) is 62.5 Å². The van der Waals surface area contributed by atoms with E-state index in [0.29, 0.717) is 24.2 Å². The molecule has 0 saturated carbocycles. The molecule has 1 aromatic heterocycles. The summed E-state index contributed by atoms with van der Waals surface area (Å²) in [7, 11) is 0. The van der Waals surface area contributed by atoms with E-state index in [1.54, 1.807) is 18.5 Å². The Kier molecular flexibility index (Phi) is 3.90. The van der Waals surface area contributed by atoms with E-state index in [9.17, 15) is 9.90 Å². The van der Waals surface area contributed by atoms with Crippen molar-refractivity contribution in [2.24, 2.45) is 5.92 Å². The number of rotatable bonds is 2. The summed E-state index contributed by atoms with van der Waals surface area (Å²) in [5, 5.41) is 9.97. The number of piperidine rings is 3. The highest BCUT2D eigenvalue weighted by atomic mass is 16.3. The van der Waals surface area contributed by atoms with Crippen LogP contribution in [0.15, 0.2) is 36.7 Å². The molecule has 3 atom stereocenters. The number of hydrogen-bond donors (Lipinski definition) is 1. The number of carbonyl (C=O) groups is 1. The van der Waals surface area contributed by atoms with Crippen LogP contribution < -0.4 is 0 Å². The predicted octanol–water partition coefficient (Wildman–Crippen LogP) is 2.19. The summed E-state index contributed by atoms with van der Waals surface area (Å²) in [6.45, 7) is 4.75. The van der Waals surface area contributed by atoms with Crippen molar-refractivity contribution in [1.82, 2.24) is 19.8 Å². The number of carbonyl (C=O) groups excluding carboxylic acids is 1. The molecule has 27 heavy (non-hydrogen) atoms. The molecule has 4 saturated heterocycles.